The number of aryl methyl sites for hydroxylation is 1. The van der Waals surface area contributed by atoms with E-state index in [1.165, 1.54) is 11.1 Å². The molecule has 1 unspecified atom stereocenters. The van der Waals surface area contributed by atoms with Gasteiger partial charge in [0.05, 0.1) is 11.0 Å². The van der Waals surface area contributed by atoms with Gasteiger partial charge in [0.1, 0.15) is 5.82 Å². The van der Waals surface area contributed by atoms with Gasteiger partial charge in [0, 0.05) is 24.9 Å². The highest BCUT2D eigenvalue weighted by Gasteiger charge is 2.14. The lowest BCUT2D eigenvalue weighted by atomic mass is 9.91. The zero-order valence-electron chi connectivity index (χ0n) is 11.7. The van der Waals surface area contributed by atoms with Crippen molar-refractivity contribution < 1.29 is 0 Å². The Kier molecular flexibility index (Phi) is 3.48. The number of aromatic amines is 1. The summed E-state index contributed by atoms with van der Waals surface area (Å²) < 4.78 is 0. The van der Waals surface area contributed by atoms with Gasteiger partial charge in [0.15, 0.2) is 0 Å². The van der Waals surface area contributed by atoms with Crippen molar-refractivity contribution in [1.29, 1.82) is 0 Å². The van der Waals surface area contributed by atoms with Gasteiger partial charge in [-0.15, -0.1) is 0 Å². The second kappa shape index (κ2) is 5.43. The number of nitrogens with zero attached hydrogens (tertiary/aromatic N) is 2. The molecular formula is C16H18N4. The van der Waals surface area contributed by atoms with Gasteiger partial charge in [0.2, 0.25) is 0 Å². The maximum Gasteiger partial charge on any atom is 0.104 e. The molecule has 0 fully saturated rings. The van der Waals surface area contributed by atoms with Crippen LogP contribution in [0.2, 0.25) is 0 Å². The number of fused-ring (bicyclic) bond motifs is 1. The van der Waals surface area contributed by atoms with Crippen molar-refractivity contribution in [1.82, 2.24) is 20.3 Å². The molecule has 0 spiro atoms. The topological polar surface area (TPSA) is 53.6 Å². The molecule has 1 atom stereocenters. The molecule has 20 heavy (non-hydrogen) atoms. The van der Waals surface area contributed by atoms with Crippen LogP contribution >= 0.6 is 0 Å². The Morgan fingerprint density at radius 2 is 1.95 bits per heavy atom. The normalized spacial score (nSPS) is 12.7. The fourth-order valence-corrected chi connectivity index (χ4v) is 2.60. The monoisotopic (exact) mass is 266 g/mol. The van der Waals surface area contributed by atoms with Gasteiger partial charge in [-0.3, -0.25) is 4.98 Å². The first-order chi connectivity index (χ1) is 9.78. The average molecular weight is 266 g/mol. The van der Waals surface area contributed by atoms with Crippen molar-refractivity contribution in [3.63, 3.8) is 0 Å². The first-order valence-corrected chi connectivity index (χ1v) is 6.78. The standard InChI is InChI=1S/C16H18N4/c1-11-19-15-4-3-13(9-16(15)20-11)14(10-17-2)12-5-7-18-8-6-12/h3-9,14,17H,10H2,1-2H3,(H,19,20). The van der Waals surface area contributed by atoms with Gasteiger partial charge in [-0.25, -0.2) is 4.98 Å². The zero-order chi connectivity index (χ0) is 13.9. The number of nitrogens with one attached hydrogen (secondary N) is 2. The Morgan fingerprint density at radius 3 is 2.70 bits per heavy atom. The van der Waals surface area contributed by atoms with Crippen molar-refractivity contribution >= 4 is 11.0 Å². The molecule has 0 aliphatic heterocycles. The van der Waals surface area contributed by atoms with Gasteiger partial charge in [-0.05, 0) is 49.4 Å². The molecule has 0 radical (unpaired) electrons. The molecule has 3 aromatic rings. The Hall–Kier alpha value is -2.20. The molecule has 102 valence electrons. The Labute approximate surface area is 118 Å². The van der Waals surface area contributed by atoms with Crippen molar-refractivity contribution in [2.45, 2.75) is 12.8 Å². The number of rotatable bonds is 4. The fraction of sp³-hybridized carbons (Fsp3) is 0.250. The molecule has 2 N–H and O–H groups in total. The van der Waals surface area contributed by atoms with Crippen LogP contribution in [-0.2, 0) is 0 Å². The van der Waals surface area contributed by atoms with E-state index in [0.717, 1.165) is 23.4 Å². The minimum atomic E-state index is 0.316. The Bertz CT molecular complexity index is 703. The smallest absolute Gasteiger partial charge is 0.104 e. The maximum absolute atomic E-state index is 4.45. The minimum absolute atomic E-state index is 0.316. The first-order valence-electron chi connectivity index (χ1n) is 6.78. The summed E-state index contributed by atoms with van der Waals surface area (Å²) in [5, 5.41) is 3.27. The highest BCUT2D eigenvalue weighted by Crippen LogP contribution is 2.26. The van der Waals surface area contributed by atoms with Gasteiger partial charge < -0.3 is 10.3 Å². The molecule has 2 aromatic heterocycles. The molecule has 0 bridgehead atoms. The number of likely N-dealkylation sites (N-methyl/N-ethyl adjacent to an activating group) is 1. The lowest BCUT2D eigenvalue weighted by molar-refractivity contribution is 0.708. The van der Waals surface area contributed by atoms with E-state index in [0.29, 0.717) is 5.92 Å². The van der Waals surface area contributed by atoms with Crippen LogP contribution in [0.4, 0.5) is 0 Å². The first kappa shape index (κ1) is 12.8. The van der Waals surface area contributed by atoms with Crippen LogP contribution in [0.3, 0.4) is 0 Å². The molecule has 3 rings (SSSR count). The third-order valence-electron chi connectivity index (χ3n) is 3.54. The van der Waals surface area contributed by atoms with Gasteiger partial charge in [-0.1, -0.05) is 6.07 Å². The summed E-state index contributed by atoms with van der Waals surface area (Å²) >= 11 is 0. The van der Waals surface area contributed by atoms with Gasteiger partial charge in [0.25, 0.3) is 0 Å². The summed E-state index contributed by atoms with van der Waals surface area (Å²) in [5.74, 6) is 1.27. The third-order valence-corrected chi connectivity index (χ3v) is 3.54. The molecular weight excluding hydrogens is 248 g/mol. The Morgan fingerprint density at radius 1 is 1.15 bits per heavy atom. The molecule has 1 aromatic carbocycles. The van der Waals surface area contributed by atoms with Crippen LogP contribution in [0.5, 0.6) is 0 Å². The van der Waals surface area contributed by atoms with E-state index in [2.05, 4.69) is 50.6 Å². The van der Waals surface area contributed by atoms with Gasteiger partial charge in [-0.2, -0.15) is 0 Å². The number of benzene rings is 1. The van der Waals surface area contributed by atoms with Crippen LogP contribution < -0.4 is 5.32 Å². The minimum Gasteiger partial charge on any atom is -0.342 e. The van der Waals surface area contributed by atoms with E-state index >= 15 is 0 Å². The predicted octanol–water partition coefficient (Wildman–Crippen LogP) is 2.62. The molecule has 0 saturated heterocycles. The van der Waals surface area contributed by atoms with Crippen LogP contribution in [0.15, 0.2) is 42.7 Å². The van der Waals surface area contributed by atoms with E-state index in [9.17, 15) is 0 Å². The summed E-state index contributed by atoms with van der Waals surface area (Å²) in [7, 11) is 1.98. The van der Waals surface area contributed by atoms with Crippen LogP contribution in [-0.4, -0.2) is 28.5 Å². The summed E-state index contributed by atoms with van der Waals surface area (Å²) in [4.78, 5) is 11.9. The third kappa shape index (κ3) is 2.42. The second-order valence-electron chi connectivity index (χ2n) is 4.99. The largest absolute Gasteiger partial charge is 0.342 e. The van der Waals surface area contributed by atoms with Crippen LogP contribution in [0, 0.1) is 6.92 Å². The van der Waals surface area contributed by atoms with Crippen LogP contribution in [0.25, 0.3) is 11.0 Å². The average Bonchev–Trinajstić information content (AvgIpc) is 2.84. The van der Waals surface area contributed by atoms with Crippen molar-refractivity contribution in [3.8, 4) is 0 Å². The quantitative estimate of drug-likeness (QED) is 0.763. The summed E-state index contributed by atoms with van der Waals surface area (Å²) in [6, 6.07) is 10.6. The predicted molar refractivity (Wildman–Crippen MR) is 80.8 cm³/mol. The maximum atomic E-state index is 4.45. The van der Waals surface area contributed by atoms with E-state index in [1.54, 1.807) is 0 Å². The second-order valence-corrected chi connectivity index (χ2v) is 4.99. The van der Waals surface area contributed by atoms with Gasteiger partial charge >= 0.3 is 0 Å². The molecule has 2 heterocycles. The summed E-state index contributed by atoms with van der Waals surface area (Å²) in [6.07, 6.45) is 3.69. The lowest BCUT2D eigenvalue weighted by Gasteiger charge is -2.17. The van der Waals surface area contributed by atoms with E-state index < -0.39 is 0 Å². The van der Waals surface area contributed by atoms with E-state index in [-0.39, 0.29) is 0 Å². The fourth-order valence-electron chi connectivity index (χ4n) is 2.60. The number of hydrogen-bond acceptors (Lipinski definition) is 3. The number of hydrogen-bond donors (Lipinski definition) is 2. The molecule has 4 heteroatoms. The SMILES string of the molecule is CNCC(c1ccncc1)c1ccc2nc(C)[nH]c2c1. The van der Waals surface area contributed by atoms with Crippen molar-refractivity contribution in [3.05, 3.63) is 59.7 Å². The molecule has 0 aliphatic carbocycles. The van der Waals surface area contributed by atoms with Crippen molar-refractivity contribution in [2.75, 3.05) is 13.6 Å². The number of aromatic nitrogens is 3. The highest BCUT2D eigenvalue weighted by molar-refractivity contribution is 5.76. The number of H-pyrrole nitrogens is 1. The van der Waals surface area contributed by atoms with Crippen molar-refractivity contribution in [2.24, 2.45) is 0 Å². The lowest BCUT2D eigenvalue weighted by Crippen LogP contribution is -2.18. The Balaban J connectivity index is 2.04. The zero-order valence-corrected chi connectivity index (χ0v) is 11.7. The molecule has 4 nitrogen and oxygen atoms in total. The van der Waals surface area contributed by atoms with E-state index in [4.69, 9.17) is 0 Å². The molecule has 0 amide bonds. The van der Waals surface area contributed by atoms with E-state index in [1.807, 2.05) is 26.4 Å². The number of pyridine rings is 1. The highest BCUT2D eigenvalue weighted by atomic mass is 14.9. The number of imidazole rings is 1. The molecule has 0 aliphatic rings. The summed E-state index contributed by atoms with van der Waals surface area (Å²) in [6.45, 7) is 2.87. The summed E-state index contributed by atoms with van der Waals surface area (Å²) in [5.41, 5.74) is 4.66. The molecule has 0 saturated carbocycles. The van der Waals surface area contributed by atoms with Crippen LogP contribution in [0.1, 0.15) is 22.9 Å².